The van der Waals surface area contributed by atoms with Crippen LogP contribution in [-0.4, -0.2) is 11.5 Å². The summed E-state index contributed by atoms with van der Waals surface area (Å²) < 4.78 is 1.15. The van der Waals surface area contributed by atoms with Gasteiger partial charge in [0.05, 0.1) is 0 Å². The third kappa shape index (κ3) is 3.59. The Balaban J connectivity index is 1.90. The molecule has 3 nitrogen and oxygen atoms in total. The molecular formula is C13H14IN3. The lowest BCUT2D eigenvalue weighted by atomic mass is 10.2. The maximum atomic E-state index is 5.71. The average molecular weight is 339 g/mol. The summed E-state index contributed by atoms with van der Waals surface area (Å²) in [6.07, 6.45) is 4.66. The molecule has 0 bridgehead atoms. The molecule has 0 saturated carbocycles. The molecule has 0 amide bonds. The Labute approximate surface area is 115 Å². The molecular weight excluding hydrogens is 325 g/mol. The van der Waals surface area contributed by atoms with Crippen molar-refractivity contribution >= 4 is 34.0 Å². The number of pyridine rings is 1. The third-order valence-corrected chi connectivity index (χ3v) is 3.34. The van der Waals surface area contributed by atoms with E-state index in [1.807, 2.05) is 30.5 Å². The van der Waals surface area contributed by atoms with E-state index in [-0.39, 0.29) is 0 Å². The minimum atomic E-state index is 0.798. The van der Waals surface area contributed by atoms with Gasteiger partial charge in [-0.05, 0) is 58.8 Å². The van der Waals surface area contributed by atoms with Crippen molar-refractivity contribution in [3.63, 3.8) is 0 Å². The number of aromatic nitrogens is 1. The Kier molecular flexibility index (Phi) is 4.19. The van der Waals surface area contributed by atoms with E-state index in [1.54, 1.807) is 6.20 Å². The van der Waals surface area contributed by atoms with Gasteiger partial charge in [-0.25, -0.2) is 0 Å². The minimum absolute atomic E-state index is 0.798. The second-order valence-electron chi connectivity index (χ2n) is 3.78. The zero-order valence-electron chi connectivity index (χ0n) is 9.36. The van der Waals surface area contributed by atoms with E-state index in [0.29, 0.717) is 0 Å². The quantitative estimate of drug-likeness (QED) is 0.665. The summed E-state index contributed by atoms with van der Waals surface area (Å²) >= 11 is 2.29. The van der Waals surface area contributed by atoms with E-state index < -0.39 is 0 Å². The fourth-order valence-corrected chi connectivity index (χ4v) is 2.29. The second-order valence-corrected chi connectivity index (χ2v) is 4.94. The fraction of sp³-hybridized carbons (Fsp3) is 0.154. The van der Waals surface area contributed by atoms with Crippen molar-refractivity contribution in [2.24, 2.45) is 0 Å². The second kappa shape index (κ2) is 5.86. The van der Waals surface area contributed by atoms with Gasteiger partial charge in [-0.15, -0.1) is 0 Å². The molecule has 0 spiro atoms. The van der Waals surface area contributed by atoms with Crippen LogP contribution in [0.1, 0.15) is 5.56 Å². The van der Waals surface area contributed by atoms with Crippen LogP contribution in [0.15, 0.2) is 42.7 Å². The van der Waals surface area contributed by atoms with Gasteiger partial charge in [0, 0.05) is 33.9 Å². The van der Waals surface area contributed by atoms with E-state index in [9.17, 15) is 0 Å². The molecule has 0 saturated heterocycles. The number of rotatable bonds is 4. The molecule has 0 atom stereocenters. The number of benzene rings is 1. The summed E-state index contributed by atoms with van der Waals surface area (Å²) in [5, 5.41) is 3.40. The van der Waals surface area contributed by atoms with Crippen LogP contribution >= 0.6 is 22.6 Å². The van der Waals surface area contributed by atoms with Crippen molar-refractivity contribution in [1.82, 2.24) is 4.98 Å². The Bertz CT molecular complexity index is 485. The van der Waals surface area contributed by atoms with Crippen molar-refractivity contribution in [3.8, 4) is 0 Å². The van der Waals surface area contributed by atoms with Crippen LogP contribution in [-0.2, 0) is 6.42 Å². The van der Waals surface area contributed by atoms with Crippen LogP contribution in [0.25, 0.3) is 0 Å². The Hall–Kier alpha value is -1.30. The number of nitrogens with two attached hydrogens (primary N) is 1. The molecule has 4 heteroatoms. The molecule has 2 rings (SSSR count). The molecule has 88 valence electrons. The first-order valence-corrected chi connectivity index (χ1v) is 6.51. The smallest absolute Gasteiger partial charge is 0.0477 e. The monoisotopic (exact) mass is 339 g/mol. The first kappa shape index (κ1) is 12.2. The number of hydrogen-bond donors (Lipinski definition) is 2. The third-order valence-electron chi connectivity index (χ3n) is 2.45. The van der Waals surface area contributed by atoms with Gasteiger partial charge in [0.2, 0.25) is 0 Å². The van der Waals surface area contributed by atoms with Gasteiger partial charge in [-0.3, -0.25) is 4.98 Å². The molecule has 0 fully saturated rings. The van der Waals surface area contributed by atoms with E-state index >= 15 is 0 Å². The van der Waals surface area contributed by atoms with Crippen molar-refractivity contribution in [2.45, 2.75) is 6.42 Å². The molecule has 1 heterocycles. The summed E-state index contributed by atoms with van der Waals surface area (Å²) in [5.74, 6) is 0. The van der Waals surface area contributed by atoms with Crippen LogP contribution in [0.4, 0.5) is 11.4 Å². The first-order valence-electron chi connectivity index (χ1n) is 5.43. The van der Waals surface area contributed by atoms with E-state index in [0.717, 1.165) is 27.9 Å². The standard InChI is InChI=1S/C13H14IN3/c14-12-8-11(15)3-4-13(12)17-7-5-10-2-1-6-16-9-10/h1-4,6,8-9,17H,5,7,15H2. The number of nitrogens with one attached hydrogen (secondary N) is 1. The lowest BCUT2D eigenvalue weighted by Gasteiger charge is -2.09. The highest BCUT2D eigenvalue weighted by Crippen LogP contribution is 2.20. The average Bonchev–Trinajstić information content (AvgIpc) is 2.33. The predicted molar refractivity (Wildman–Crippen MR) is 80.0 cm³/mol. The zero-order valence-corrected chi connectivity index (χ0v) is 11.5. The van der Waals surface area contributed by atoms with Crippen molar-refractivity contribution in [2.75, 3.05) is 17.6 Å². The number of anilines is 2. The number of hydrogen-bond acceptors (Lipinski definition) is 3. The summed E-state index contributed by atoms with van der Waals surface area (Å²) in [5.41, 5.74) is 8.87. The molecule has 1 aromatic heterocycles. The van der Waals surface area contributed by atoms with Gasteiger partial charge in [0.15, 0.2) is 0 Å². The molecule has 17 heavy (non-hydrogen) atoms. The zero-order chi connectivity index (χ0) is 12.1. The SMILES string of the molecule is Nc1ccc(NCCc2cccnc2)c(I)c1. The summed E-state index contributed by atoms with van der Waals surface area (Å²) in [7, 11) is 0. The number of halogens is 1. The number of nitrogen functional groups attached to an aromatic ring is 1. The Morgan fingerprint density at radius 3 is 2.88 bits per heavy atom. The molecule has 0 unspecified atom stereocenters. The minimum Gasteiger partial charge on any atom is -0.399 e. The van der Waals surface area contributed by atoms with Gasteiger partial charge in [0.25, 0.3) is 0 Å². The lowest BCUT2D eigenvalue weighted by Crippen LogP contribution is -2.06. The molecule has 0 aliphatic rings. The molecule has 3 N–H and O–H groups in total. The van der Waals surface area contributed by atoms with Crippen molar-refractivity contribution in [1.29, 1.82) is 0 Å². The number of nitrogens with zero attached hydrogens (tertiary/aromatic N) is 1. The van der Waals surface area contributed by atoms with Crippen LogP contribution in [0.2, 0.25) is 0 Å². The summed E-state index contributed by atoms with van der Waals surface area (Å²) in [6.45, 7) is 0.894. The Morgan fingerprint density at radius 1 is 1.29 bits per heavy atom. The lowest BCUT2D eigenvalue weighted by molar-refractivity contribution is 1.00. The van der Waals surface area contributed by atoms with Gasteiger partial charge in [-0.2, -0.15) is 0 Å². The van der Waals surface area contributed by atoms with Gasteiger partial charge in [0.1, 0.15) is 0 Å². The van der Waals surface area contributed by atoms with Gasteiger partial charge < -0.3 is 11.1 Å². The van der Waals surface area contributed by atoms with E-state index in [4.69, 9.17) is 5.73 Å². The molecule has 2 aromatic rings. The van der Waals surface area contributed by atoms with Crippen LogP contribution in [0, 0.1) is 3.57 Å². The normalized spacial score (nSPS) is 10.2. The van der Waals surface area contributed by atoms with Crippen molar-refractivity contribution < 1.29 is 0 Å². The van der Waals surface area contributed by atoms with E-state index in [1.165, 1.54) is 5.56 Å². The molecule has 0 aliphatic heterocycles. The summed E-state index contributed by atoms with van der Waals surface area (Å²) in [4.78, 5) is 4.09. The maximum Gasteiger partial charge on any atom is 0.0477 e. The summed E-state index contributed by atoms with van der Waals surface area (Å²) in [6, 6.07) is 9.94. The fourth-order valence-electron chi connectivity index (χ4n) is 1.56. The van der Waals surface area contributed by atoms with Gasteiger partial charge >= 0.3 is 0 Å². The highest BCUT2D eigenvalue weighted by molar-refractivity contribution is 14.1. The van der Waals surface area contributed by atoms with Crippen LogP contribution < -0.4 is 11.1 Å². The molecule has 0 aliphatic carbocycles. The highest BCUT2D eigenvalue weighted by Gasteiger charge is 1.99. The van der Waals surface area contributed by atoms with Crippen molar-refractivity contribution in [3.05, 3.63) is 51.9 Å². The van der Waals surface area contributed by atoms with Crippen LogP contribution in [0.5, 0.6) is 0 Å². The molecule has 0 radical (unpaired) electrons. The largest absolute Gasteiger partial charge is 0.399 e. The first-order chi connectivity index (χ1) is 8.25. The van der Waals surface area contributed by atoms with Crippen LogP contribution in [0.3, 0.4) is 0 Å². The van der Waals surface area contributed by atoms with Gasteiger partial charge in [-0.1, -0.05) is 6.07 Å². The Morgan fingerprint density at radius 2 is 2.18 bits per heavy atom. The van der Waals surface area contributed by atoms with E-state index in [2.05, 4.69) is 39.0 Å². The topological polar surface area (TPSA) is 50.9 Å². The molecule has 1 aromatic carbocycles. The predicted octanol–water partition coefficient (Wildman–Crippen LogP) is 2.92. The highest BCUT2D eigenvalue weighted by atomic mass is 127. The maximum absolute atomic E-state index is 5.71.